The molecule has 3 nitrogen and oxygen atoms in total. The second-order valence-electron chi connectivity index (χ2n) is 3.87. The van der Waals surface area contributed by atoms with E-state index in [1.807, 2.05) is 0 Å². The van der Waals surface area contributed by atoms with Gasteiger partial charge in [0.15, 0.2) is 0 Å². The Hall–Kier alpha value is -2.09. The number of pyridine rings is 1. The number of aliphatic hydroxyl groups is 1. The Labute approximate surface area is 121 Å². The predicted molar refractivity (Wildman–Crippen MR) is 73.9 cm³/mol. The molecule has 0 saturated carbocycles. The van der Waals surface area contributed by atoms with Crippen molar-refractivity contribution in [2.24, 2.45) is 0 Å². The molecule has 0 radical (unpaired) electrons. The first-order valence-corrected chi connectivity index (χ1v) is 6.19. The Kier molecular flexibility index (Phi) is 4.94. The number of halogens is 2. The van der Waals surface area contributed by atoms with Gasteiger partial charge in [0.05, 0.1) is 11.2 Å². The van der Waals surface area contributed by atoms with Crippen LogP contribution in [0, 0.1) is 17.7 Å². The van der Waals surface area contributed by atoms with Crippen LogP contribution in [0.4, 0.5) is 4.39 Å². The van der Waals surface area contributed by atoms with Gasteiger partial charge in [-0.1, -0.05) is 35.6 Å². The quantitative estimate of drug-likeness (QED) is 0.884. The van der Waals surface area contributed by atoms with Crippen LogP contribution in [0.5, 0.6) is 5.75 Å². The van der Waals surface area contributed by atoms with Gasteiger partial charge in [-0.3, -0.25) is 4.98 Å². The summed E-state index contributed by atoms with van der Waals surface area (Å²) >= 11 is 5.84. The van der Waals surface area contributed by atoms with Gasteiger partial charge in [-0.25, -0.2) is 4.39 Å². The van der Waals surface area contributed by atoms with Crippen molar-refractivity contribution in [3.63, 3.8) is 0 Å². The second kappa shape index (κ2) is 6.90. The largest absolute Gasteiger partial charge is 0.487 e. The molecule has 102 valence electrons. The fourth-order valence-electron chi connectivity index (χ4n) is 1.53. The summed E-state index contributed by atoms with van der Waals surface area (Å²) in [7, 11) is 0. The summed E-state index contributed by atoms with van der Waals surface area (Å²) in [6.07, 6.45) is 3.09. The Morgan fingerprint density at radius 2 is 2.20 bits per heavy atom. The topological polar surface area (TPSA) is 42.4 Å². The zero-order valence-electron chi connectivity index (χ0n) is 10.4. The van der Waals surface area contributed by atoms with Crippen LogP contribution in [0.1, 0.15) is 11.1 Å². The normalized spacial score (nSPS) is 9.75. The van der Waals surface area contributed by atoms with Crippen LogP contribution in [-0.4, -0.2) is 16.7 Å². The lowest BCUT2D eigenvalue weighted by molar-refractivity contribution is 0.304. The van der Waals surface area contributed by atoms with E-state index in [0.29, 0.717) is 16.9 Å². The maximum absolute atomic E-state index is 13.3. The third-order valence-corrected chi connectivity index (χ3v) is 2.87. The second-order valence-corrected chi connectivity index (χ2v) is 4.25. The van der Waals surface area contributed by atoms with E-state index in [1.54, 1.807) is 24.4 Å². The number of rotatable bonds is 3. The third-order valence-electron chi connectivity index (χ3n) is 2.45. The molecule has 0 bridgehead atoms. The fraction of sp³-hybridized carbons (Fsp3) is 0.133. The SMILES string of the molecule is OCC#Cc1cncc(OCc2cccc(F)c2Cl)c1. The summed E-state index contributed by atoms with van der Waals surface area (Å²) in [6, 6.07) is 6.23. The maximum atomic E-state index is 13.3. The highest BCUT2D eigenvalue weighted by atomic mass is 35.5. The van der Waals surface area contributed by atoms with Crippen molar-refractivity contribution in [2.75, 3.05) is 6.61 Å². The molecule has 0 amide bonds. The summed E-state index contributed by atoms with van der Waals surface area (Å²) in [5.74, 6) is 5.26. The van der Waals surface area contributed by atoms with E-state index in [-0.39, 0.29) is 18.2 Å². The zero-order valence-corrected chi connectivity index (χ0v) is 11.2. The minimum absolute atomic E-state index is 0.0525. The average Bonchev–Trinajstić information content (AvgIpc) is 2.47. The highest BCUT2D eigenvalue weighted by molar-refractivity contribution is 6.31. The van der Waals surface area contributed by atoms with Crippen molar-refractivity contribution < 1.29 is 14.2 Å². The summed E-state index contributed by atoms with van der Waals surface area (Å²) in [4.78, 5) is 3.97. The number of ether oxygens (including phenoxy) is 1. The molecule has 0 unspecified atom stereocenters. The predicted octanol–water partition coefficient (Wildman–Crippen LogP) is 2.80. The lowest BCUT2D eigenvalue weighted by atomic mass is 10.2. The summed E-state index contributed by atoms with van der Waals surface area (Å²) in [5.41, 5.74) is 1.18. The van der Waals surface area contributed by atoms with Gasteiger partial charge in [-0.2, -0.15) is 0 Å². The molecule has 0 spiro atoms. The van der Waals surface area contributed by atoms with E-state index in [4.69, 9.17) is 21.4 Å². The highest BCUT2D eigenvalue weighted by Crippen LogP contribution is 2.21. The standard InChI is InChI=1S/C15H11ClFNO2/c16-15-12(4-1-5-14(15)17)10-20-13-7-11(3-2-6-19)8-18-9-13/h1,4-5,7-9,19H,6,10H2. The van der Waals surface area contributed by atoms with Crippen molar-refractivity contribution >= 4 is 11.6 Å². The molecule has 20 heavy (non-hydrogen) atoms. The minimum atomic E-state index is -0.478. The molecule has 0 aliphatic heterocycles. The number of aromatic nitrogens is 1. The maximum Gasteiger partial charge on any atom is 0.142 e. The Morgan fingerprint density at radius 3 is 3.00 bits per heavy atom. The molecule has 5 heteroatoms. The van der Waals surface area contributed by atoms with E-state index in [0.717, 1.165) is 0 Å². The van der Waals surface area contributed by atoms with Crippen LogP contribution < -0.4 is 4.74 Å². The van der Waals surface area contributed by atoms with Crippen molar-refractivity contribution in [3.8, 4) is 17.6 Å². The number of aliphatic hydroxyl groups excluding tert-OH is 1. The van der Waals surface area contributed by atoms with Crippen molar-refractivity contribution in [1.29, 1.82) is 0 Å². The van der Waals surface area contributed by atoms with Crippen LogP contribution in [0.2, 0.25) is 5.02 Å². The zero-order chi connectivity index (χ0) is 14.4. The van der Waals surface area contributed by atoms with Crippen LogP contribution in [0.25, 0.3) is 0 Å². The molecule has 1 aromatic carbocycles. The molecular formula is C15H11ClFNO2. The number of benzene rings is 1. The highest BCUT2D eigenvalue weighted by Gasteiger charge is 2.06. The molecule has 1 N–H and O–H groups in total. The van der Waals surface area contributed by atoms with E-state index in [9.17, 15) is 4.39 Å². The van der Waals surface area contributed by atoms with E-state index in [2.05, 4.69) is 16.8 Å². The lowest BCUT2D eigenvalue weighted by Gasteiger charge is -2.08. The summed E-state index contributed by atoms with van der Waals surface area (Å²) < 4.78 is 18.8. The van der Waals surface area contributed by atoms with Gasteiger partial charge in [0, 0.05) is 17.3 Å². The van der Waals surface area contributed by atoms with Crippen molar-refractivity contribution in [3.05, 3.63) is 58.6 Å². The molecule has 1 heterocycles. The average molecular weight is 292 g/mol. The van der Waals surface area contributed by atoms with E-state index in [1.165, 1.54) is 12.3 Å². The molecule has 0 saturated heterocycles. The molecule has 0 atom stereocenters. The smallest absolute Gasteiger partial charge is 0.142 e. The summed E-state index contributed by atoms with van der Waals surface area (Å²) in [6.45, 7) is -0.0842. The van der Waals surface area contributed by atoms with E-state index >= 15 is 0 Å². The molecule has 0 aliphatic rings. The third kappa shape index (κ3) is 3.70. The Balaban J connectivity index is 2.09. The van der Waals surface area contributed by atoms with Gasteiger partial charge >= 0.3 is 0 Å². The van der Waals surface area contributed by atoms with Crippen LogP contribution in [-0.2, 0) is 6.61 Å². The Morgan fingerprint density at radius 1 is 1.35 bits per heavy atom. The van der Waals surface area contributed by atoms with Crippen LogP contribution in [0.15, 0.2) is 36.7 Å². The van der Waals surface area contributed by atoms with Crippen molar-refractivity contribution in [1.82, 2.24) is 4.98 Å². The molecule has 1 aromatic heterocycles. The van der Waals surface area contributed by atoms with Gasteiger partial charge in [0.25, 0.3) is 0 Å². The van der Waals surface area contributed by atoms with Gasteiger partial charge in [-0.05, 0) is 12.1 Å². The molecular weight excluding hydrogens is 281 g/mol. The first kappa shape index (κ1) is 14.3. The number of hydrogen-bond acceptors (Lipinski definition) is 3. The van der Waals surface area contributed by atoms with Gasteiger partial charge < -0.3 is 9.84 Å². The van der Waals surface area contributed by atoms with E-state index < -0.39 is 5.82 Å². The monoisotopic (exact) mass is 291 g/mol. The number of hydrogen-bond donors (Lipinski definition) is 1. The van der Waals surface area contributed by atoms with Crippen LogP contribution >= 0.6 is 11.6 Å². The molecule has 0 fully saturated rings. The summed E-state index contributed by atoms with van der Waals surface area (Å²) in [5, 5.41) is 8.68. The first-order chi connectivity index (χ1) is 9.70. The molecule has 2 aromatic rings. The number of nitrogens with zero attached hydrogens (tertiary/aromatic N) is 1. The van der Waals surface area contributed by atoms with Gasteiger partial charge in [-0.15, -0.1) is 0 Å². The van der Waals surface area contributed by atoms with Crippen LogP contribution in [0.3, 0.4) is 0 Å². The molecule has 0 aliphatic carbocycles. The lowest BCUT2D eigenvalue weighted by Crippen LogP contribution is -1.98. The minimum Gasteiger partial charge on any atom is -0.487 e. The van der Waals surface area contributed by atoms with Gasteiger partial charge in [0.1, 0.15) is 24.8 Å². The first-order valence-electron chi connectivity index (χ1n) is 5.81. The Bertz CT molecular complexity index is 664. The fourth-order valence-corrected chi connectivity index (χ4v) is 1.71. The van der Waals surface area contributed by atoms with Crippen molar-refractivity contribution in [2.45, 2.75) is 6.61 Å². The molecule has 2 rings (SSSR count). The van der Waals surface area contributed by atoms with Gasteiger partial charge in [0.2, 0.25) is 0 Å².